The Morgan fingerprint density at radius 2 is 1.88 bits per heavy atom. The fraction of sp³-hybridized carbons (Fsp3) is 0.389. The normalized spacial score (nSPS) is 16.6. The van der Waals surface area contributed by atoms with Crippen LogP contribution in [0.5, 0.6) is 11.5 Å². The minimum absolute atomic E-state index is 0.149. The van der Waals surface area contributed by atoms with E-state index in [1.807, 2.05) is 12.1 Å². The summed E-state index contributed by atoms with van der Waals surface area (Å²) >= 11 is 0. The number of hydrogen-bond acceptors (Lipinski definition) is 7. The lowest BCUT2D eigenvalue weighted by molar-refractivity contribution is -0.114. The lowest BCUT2D eigenvalue weighted by Gasteiger charge is -2.35. The number of piperazine rings is 1. The molecule has 0 saturated carbocycles. The summed E-state index contributed by atoms with van der Waals surface area (Å²) in [6.45, 7) is 6.32. The minimum atomic E-state index is -0.149. The summed E-state index contributed by atoms with van der Waals surface area (Å²) in [4.78, 5) is 15.7. The van der Waals surface area contributed by atoms with Gasteiger partial charge in [0.15, 0.2) is 23.1 Å². The molecule has 1 saturated heterocycles. The number of aromatic nitrogens is 2. The van der Waals surface area contributed by atoms with E-state index in [0.717, 1.165) is 50.0 Å². The highest BCUT2D eigenvalue weighted by Crippen LogP contribution is 2.32. The van der Waals surface area contributed by atoms with E-state index in [1.54, 1.807) is 6.07 Å². The second-order valence-corrected chi connectivity index (χ2v) is 6.41. The van der Waals surface area contributed by atoms with E-state index < -0.39 is 0 Å². The van der Waals surface area contributed by atoms with Crippen LogP contribution in [-0.2, 0) is 11.3 Å². The number of hydrogen-bond donors (Lipinski definition) is 1. The lowest BCUT2D eigenvalue weighted by atomic mass is 10.1. The van der Waals surface area contributed by atoms with Gasteiger partial charge >= 0.3 is 0 Å². The molecule has 8 heteroatoms. The SMILES string of the molecule is CC(=O)Nc1ccc(N2CCN(Cc3ccc4c(c3)OCO4)CC2)nn1. The Morgan fingerprint density at radius 1 is 1.08 bits per heavy atom. The molecule has 0 aliphatic carbocycles. The van der Waals surface area contributed by atoms with E-state index in [4.69, 9.17) is 9.47 Å². The van der Waals surface area contributed by atoms with Gasteiger partial charge in [-0.3, -0.25) is 9.69 Å². The number of amides is 1. The highest BCUT2D eigenvalue weighted by atomic mass is 16.7. The van der Waals surface area contributed by atoms with Crippen molar-refractivity contribution in [3.63, 3.8) is 0 Å². The number of rotatable bonds is 4. The Balaban J connectivity index is 1.32. The third-order valence-electron chi connectivity index (χ3n) is 4.49. The zero-order chi connectivity index (χ0) is 17.9. The highest BCUT2D eigenvalue weighted by Gasteiger charge is 2.20. The first kappa shape index (κ1) is 16.6. The van der Waals surface area contributed by atoms with Crippen LogP contribution in [0.2, 0.25) is 0 Å². The molecule has 0 radical (unpaired) electrons. The first-order chi connectivity index (χ1) is 12.7. The van der Waals surface area contributed by atoms with Crippen molar-refractivity contribution in [1.29, 1.82) is 0 Å². The Hall–Kier alpha value is -2.87. The zero-order valence-electron chi connectivity index (χ0n) is 14.6. The summed E-state index contributed by atoms with van der Waals surface area (Å²) in [5.41, 5.74) is 1.22. The predicted molar refractivity (Wildman–Crippen MR) is 96.4 cm³/mol. The monoisotopic (exact) mass is 355 g/mol. The summed E-state index contributed by atoms with van der Waals surface area (Å²) in [7, 11) is 0. The van der Waals surface area contributed by atoms with E-state index >= 15 is 0 Å². The van der Waals surface area contributed by atoms with Crippen LogP contribution >= 0.6 is 0 Å². The van der Waals surface area contributed by atoms with E-state index in [9.17, 15) is 4.79 Å². The number of anilines is 2. The average Bonchev–Trinajstić information content (AvgIpc) is 3.10. The van der Waals surface area contributed by atoms with Gasteiger partial charge in [-0.1, -0.05) is 6.07 Å². The fourth-order valence-corrected chi connectivity index (χ4v) is 3.17. The molecule has 1 aromatic heterocycles. The van der Waals surface area contributed by atoms with Gasteiger partial charge in [-0.25, -0.2) is 0 Å². The predicted octanol–water partition coefficient (Wildman–Crippen LogP) is 1.49. The number of nitrogens with zero attached hydrogens (tertiary/aromatic N) is 4. The van der Waals surface area contributed by atoms with Crippen molar-refractivity contribution in [3.8, 4) is 11.5 Å². The van der Waals surface area contributed by atoms with E-state index in [0.29, 0.717) is 12.6 Å². The number of carbonyl (C=O) groups excluding carboxylic acids is 1. The summed E-state index contributed by atoms with van der Waals surface area (Å²) in [6, 6.07) is 9.79. The third kappa shape index (κ3) is 3.70. The van der Waals surface area contributed by atoms with Crippen LogP contribution in [0.1, 0.15) is 12.5 Å². The topological polar surface area (TPSA) is 79.8 Å². The standard InChI is InChI=1S/C18H21N5O3/c1-13(24)19-17-4-5-18(21-20-17)23-8-6-22(7-9-23)11-14-2-3-15-16(10-14)26-12-25-15/h2-5,10H,6-9,11-12H2,1H3,(H,19,20,24). The minimum Gasteiger partial charge on any atom is -0.454 e. The summed E-state index contributed by atoms with van der Waals surface area (Å²) < 4.78 is 10.8. The Labute approximate surface area is 151 Å². The molecular weight excluding hydrogens is 334 g/mol. The van der Waals surface area contributed by atoms with Crippen molar-refractivity contribution in [2.24, 2.45) is 0 Å². The molecule has 1 fully saturated rings. The van der Waals surface area contributed by atoms with Crippen molar-refractivity contribution in [1.82, 2.24) is 15.1 Å². The molecule has 26 heavy (non-hydrogen) atoms. The number of fused-ring (bicyclic) bond motifs is 1. The van der Waals surface area contributed by atoms with Crippen molar-refractivity contribution < 1.29 is 14.3 Å². The van der Waals surface area contributed by atoms with Crippen LogP contribution in [-0.4, -0.2) is 54.0 Å². The first-order valence-electron chi connectivity index (χ1n) is 8.64. The van der Waals surface area contributed by atoms with Gasteiger partial charge in [0.25, 0.3) is 0 Å². The molecule has 1 N–H and O–H groups in total. The second-order valence-electron chi connectivity index (χ2n) is 6.41. The average molecular weight is 355 g/mol. The van der Waals surface area contributed by atoms with Crippen molar-refractivity contribution in [3.05, 3.63) is 35.9 Å². The molecule has 4 rings (SSSR count). The van der Waals surface area contributed by atoms with Gasteiger partial charge in [-0.2, -0.15) is 0 Å². The number of ether oxygens (including phenoxy) is 2. The Bertz CT molecular complexity index is 788. The summed E-state index contributed by atoms with van der Waals surface area (Å²) in [6.07, 6.45) is 0. The third-order valence-corrected chi connectivity index (χ3v) is 4.49. The first-order valence-corrected chi connectivity index (χ1v) is 8.64. The highest BCUT2D eigenvalue weighted by molar-refractivity contribution is 5.87. The number of benzene rings is 1. The van der Waals surface area contributed by atoms with Crippen LogP contribution in [0.4, 0.5) is 11.6 Å². The van der Waals surface area contributed by atoms with E-state index in [1.165, 1.54) is 12.5 Å². The molecule has 0 bridgehead atoms. The molecule has 0 unspecified atom stereocenters. The molecule has 136 valence electrons. The van der Waals surface area contributed by atoms with Crippen LogP contribution in [0.3, 0.4) is 0 Å². The molecule has 3 heterocycles. The van der Waals surface area contributed by atoms with Crippen LogP contribution < -0.4 is 19.7 Å². The van der Waals surface area contributed by atoms with Crippen molar-refractivity contribution >= 4 is 17.5 Å². The quantitative estimate of drug-likeness (QED) is 0.890. The molecule has 0 spiro atoms. The lowest BCUT2D eigenvalue weighted by Crippen LogP contribution is -2.46. The van der Waals surface area contributed by atoms with Crippen LogP contribution in [0.25, 0.3) is 0 Å². The molecular formula is C18H21N5O3. The van der Waals surface area contributed by atoms with Crippen LogP contribution in [0.15, 0.2) is 30.3 Å². The van der Waals surface area contributed by atoms with E-state index in [-0.39, 0.29) is 5.91 Å². The van der Waals surface area contributed by atoms with Gasteiger partial charge in [0.1, 0.15) is 0 Å². The molecule has 0 atom stereocenters. The van der Waals surface area contributed by atoms with Gasteiger partial charge in [0, 0.05) is 39.6 Å². The summed E-state index contributed by atoms with van der Waals surface area (Å²) in [5.74, 6) is 2.81. The molecule has 8 nitrogen and oxygen atoms in total. The van der Waals surface area contributed by atoms with Gasteiger partial charge in [-0.15, -0.1) is 10.2 Å². The maximum atomic E-state index is 11.0. The fourth-order valence-electron chi connectivity index (χ4n) is 3.17. The smallest absolute Gasteiger partial charge is 0.231 e. The maximum absolute atomic E-state index is 11.0. The molecule has 2 aliphatic rings. The molecule has 2 aromatic rings. The van der Waals surface area contributed by atoms with Crippen LogP contribution in [0, 0.1) is 0 Å². The van der Waals surface area contributed by atoms with Gasteiger partial charge in [0.2, 0.25) is 12.7 Å². The van der Waals surface area contributed by atoms with Gasteiger partial charge in [-0.05, 0) is 29.8 Å². The molecule has 1 aromatic carbocycles. The molecule has 2 aliphatic heterocycles. The summed E-state index contributed by atoms with van der Waals surface area (Å²) in [5, 5.41) is 10.9. The largest absolute Gasteiger partial charge is 0.454 e. The van der Waals surface area contributed by atoms with Crippen molar-refractivity contribution in [2.45, 2.75) is 13.5 Å². The maximum Gasteiger partial charge on any atom is 0.231 e. The molecule has 1 amide bonds. The Kier molecular flexibility index (Phi) is 4.57. The second kappa shape index (κ2) is 7.17. The number of carbonyl (C=O) groups is 1. The zero-order valence-corrected chi connectivity index (χ0v) is 14.6. The number of nitrogens with one attached hydrogen (secondary N) is 1. The van der Waals surface area contributed by atoms with Gasteiger partial charge in [0.05, 0.1) is 0 Å². The van der Waals surface area contributed by atoms with Gasteiger partial charge < -0.3 is 19.7 Å². The Morgan fingerprint density at radius 3 is 2.62 bits per heavy atom. The van der Waals surface area contributed by atoms with Crippen molar-refractivity contribution in [2.75, 3.05) is 43.2 Å². The van der Waals surface area contributed by atoms with E-state index in [2.05, 4.69) is 37.4 Å².